The molecule has 0 N–H and O–H groups in total. The predicted octanol–water partition coefficient (Wildman–Crippen LogP) is 5.02. The first-order valence-corrected chi connectivity index (χ1v) is 9.48. The average Bonchev–Trinajstić information content (AvgIpc) is 2.55. The molecule has 0 heterocycles. The van der Waals surface area contributed by atoms with Crippen LogP contribution in [0.4, 0.5) is 0 Å². The third-order valence-corrected chi connectivity index (χ3v) is 6.68. The molecule has 0 spiro atoms. The maximum Gasteiger partial charge on any atom is 0.302 e. The maximum atomic E-state index is 13.0. The van der Waals surface area contributed by atoms with E-state index >= 15 is 0 Å². The van der Waals surface area contributed by atoms with Gasteiger partial charge in [0.15, 0.2) is 5.78 Å². The summed E-state index contributed by atoms with van der Waals surface area (Å²) in [6, 6.07) is 6.48. The summed E-state index contributed by atoms with van der Waals surface area (Å²) in [6.45, 7) is 10.7. The topological polar surface area (TPSA) is 43.4 Å². The first kappa shape index (κ1) is 18.2. The standard InChI is InChI=1S/C22H30O3/c1-14(2)16-7-8-18-17(11-16)19(24)12-20-21(4,13-25-15(3)23)9-6-10-22(18,20)5/h7-8,11,14,20H,6,9-10,12-13H2,1-5H3. The van der Waals surface area contributed by atoms with Gasteiger partial charge in [-0.1, -0.05) is 46.2 Å². The quantitative estimate of drug-likeness (QED) is 0.724. The molecule has 3 rings (SSSR count). The fourth-order valence-corrected chi connectivity index (χ4v) is 5.16. The van der Waals surface area contributed by atoms with Crippen molar-refractivity contribution < 1.29 is 14.3 Å². The van der Waals surface area contributed by atoms with Gasteiger partial charge in [-0.2, -0.15) is 0 Å². The number of hydrogen-bond donors (Lipinski definition) is 0. The molecule has 25 heavy (non-hydrogen) atoms. The minimum atomic E-state index is -0.238. The molecule has 1 saturated carbocycles. The van der Waals surface area contributed by atoms with Crippen molar-refractivity contribution >= 4 is 11.8 Å². The number of hydrogen-bond acceptors (Lipinski definition) is 3. The smallest absolute Gasteiger partial charge is 0.302 e. The summed E-state index contributed by atoms with van der Waals surface area (Å²) in [7, 11) is 0. The lowest BCUT2D eigenvalue weighted by Crippen LogP contribution is -2.52. The Bertz CT molecular complexity index is 705. The molecule has 3 heteroatoms. The molecular formula is C22H30O3. The zero-order chi connectivity index (χ0) is 18.4. The number of Topliss-reactive ketones (excluding diaryl/α,β-unsaturated/α-hetero) is 1. The molecule has 0 amide bonds. The van der Waals surface area contributed by atoms with Crippen LogP contribution in [0.2, 0.25) is 0 Å². The minimum Gasteiger partial charge on any atom is -0.465 e. The van der Waals surface area contributed by atoms with Crippen molar-refractivity contribution in [1.29, 1.82) is 0 Å². The van der Waals surface area contributed by atoms with Gasteiger partial charge in [0, 0.05) is 24.3 Å². The Labute approximate surface area is 151 Å². The largest absolute Gasteiger partial charge is 0.465 e. The lowest BCUT2D eigenvalue weighted by atomic mass is 9.49. The second-order valence-electron chi connectivity index (χ2n) is 8.84. The molecule has 3 atom stereocenters. The summed E-state index contributed by atoms with van der Waals surface area (Å²) in [5.41, 5.74) is 3.19. The van der Waals surface area contributed by atoms with E-state index < -0.39 is 0 Å². The van der Waals surface area contributed by atoms with Crippen molar-refractivity contribution in [1.82, 2.24) is 0 Å². The summed E-state index contributed by atoms with van der Waals surface area (Å²) < 4.78 is 5.40. The van der Waals surface area contributed by atoms with Crippen molar-refractivity contribution in [2.45, 2.75) is 71.6 Å². The average molecular weight is 342 g/mol. The molecule has 2 aliphatic rings. The van der Waals surface area contributed by atoms with E-state index in [9.17, 15) is 9.59 Å². The van der Waals surface area contributed by atoms with E-state index in [4.69, 9.17) is 4.74 Å². The van der Waals surface area contributed by atoms with Gasteiger partial charge in [0.05, 0.1) is 6.61 Å². The van der Waals surface area contributed by atoms with E-state index in [0.717, 1.165) is 24.8 Å². The number of benzene rings is 1. The molecule has 0 saturated heterocycles. The number of esters is 1. The predicted molar refractivity (Wildman–Crippen MR) is 98.9 cm³/mol. The van der Waals surface area contributed by atoms with Crippen LogP contribution >= 0.6 is 0 Å². The van der Waals surface area contributed by atoms with Crippen LogP contribution in [0.15, 0.2) is 18.2 Å². The SMILES string of the molecule is CC(=O)OCC1(C)CCCC2(C)c3ccc(C(C)C)cc3C(=O)CC12. The van der Waals surface area contributed by atoms with Crippen molar-refractivity contribution in [2.75, 3.05) is 6.61 Å². The van der Waals surface area contributed by atoms with Gasteiger partial charge in [-0.3, -0.25) is 9.59 Å². The van der Waals surface area contributed by atoms with Gasteiger partial charge in [0.1, 0.15) is 0 Å². The molecule has 3 unspecified atom stereocenters. The lowest BCUT2D eigenvalue weighted by molar-refractivity contribution is -0.148. The number of fused-ring (bicyclic) bond motifs is 3. The normalized spacial score (nSPS) is 31.4. The summed E-state index contributed by atoms with van der Waals surface area (Å²) in [6.07, 6.45) is 3.76. The fourth-order valence-electron chi connectivity index (χ4n) is 5.16. The van der Waals surface area contributed by atoms with Gasteiger partial charge < -0.3 is 4.74 Å². The molecular weight excluding hydrogens is 312 g/mol. The molecule has 1 aromatic rings. The first-order chi connectivity index (χ1) is 11.7. The van der Waals surface area contributed by atoms with Gasteiger partial charge in [-0.05, 0) is 47.3 Å². The third-order valence-electron chi connectivity index (χ3n) is 6.68. The van der Waals surface area contributed by atoms with Crippen LogP contribution in [-0.4, -0.2) is 18.4 Å². The van der Waals surface area contributed by atoms with Gasteiger partial charge in [0.2, 0.25) is 0 Å². The van der Waals surface area contributed by atoms with E-state index in [2.05, 4.69) is 45.9 Å². The summed E-state index contributed by atoms with van der Waals surface area (Å²) in [4.78, 5) is 24.3. The van der Waals surface area contributed by atoms with Crippen LogP contribution in [-0.2, 0) is 14.9 Å². The lowest BCUT2D eigenvalue weighted by Gasteiger charge is -2.54. The first-order valence-electron chi connectivity index (χ1n) is 9.48. The third kappa shape index (κ3) is 3.02. The van der Waals surface area contributed by atoms with Crippen LogP contribution in [0, 0.1) is 11.3 Å². The zero-order valence-corrected chi connectivity index (χ0v) is 16.1. The highest BCUT2D eigenvalue weighted by Gasteiger charge is 2.54. The summed E-state index contributed by atoms with van der Waals surface area (Å²) >= 11 is 0. The van der Waals surface area contributed by atoms with Gasteiger partial charge in [0.25, 0.3) is 0 Å². The van der Waals surface area contributed by atoms with Gasteiger partial charge in [-0.25, -0.2) is 0 Å². The van der Waals surface area contributed by atoms with Crippen LogP contribution in [0.3, 0.4) is 0 Å². The van der Waals surface area contributed by atoms with E-state index in [0.29, 0.717) is 18.9 Å². The molecule has 3 nitrogen and oxygen atoms in total. The van der Waals surface area contributed by atoms with Crippen LogP contribution in [0.1, 0.15) is 87.7 Å². The second kappa shape index (κ2) is 6.26. The number of ether oxygens (including phenoxy) is 1. The van der Waals surface area contributed by atoms with E-state index in [1.807, 2.05) is 0 Å². The van der Waals surface area contributed by atoms with Crippen LogP contribution < -0.4 is 0 Å². The molecule has 1 aromatic carbocycles. The Hall–Kier alpha value is -1.64. The van der Waals surface area contributed by atoms with Crippen LogP contribution in [0.25, 0.3) is 0 Å². The minimum absolute atomic E-state index is 0.0219. The summed E-state index contributed by atoms with van der Waals surface area (Å²) in [5.74, 6) is 0.649. The molecule has 0 aromatic heterocycles. The highest BCUT2D eigenvalue weighted by molar-refractivity contribution is 5.99. The number of ketones is 1. The Morgan fingerprint density at radius 1 is 1.28 bits per heavy atom. The zero-order valence-electron chi connectivity index (χ0n) is 16.1. The summed E-state index contributed by atoms with van der Waals surface area (Å²) in [5, 5.41) is 0. The molecule has 1 fully saturated rings. The number of carbonyl (C=O) groups is 2. The number of carbonyl (C=O) groups excluding carboxylic acids is 2. The number of rotatable bonds is 3. The maximum absolute atomic E-state index is 13.0. The van der Waals surface area contributed by atoms with E-state index in [-0.39, 0.29) is 28.5 Å². The Balaban J connectivity index is 2.03. The Morgan fingerprint density at radius 2 is 2.00 bits per heavy atom. The van der Waals surface area contributed by atoms with Gasteiger partial charge >= 0.3 is 5.97 Å². The molecule has 2 aliphatic carbocycles. The second-order valence-corrected chi connectivity index (χ2v) is 8.84. The van der Waals surface area contributed by atoms with Crippen molar-refractivity contribution in [3.63, 3.8) is 0 Å². The Morgan fingerprint density at radius 3 is 2.64 bits per heavy atom. The van der Waals surface area contributed by atoms with E-state index in [1.54, 1.807) is 0 Å². The van der Waals surface area contributed by atoms with Crippen LogP contribution in [0.5, 0.6) is 0 Å². The molecule has 0 radical (unpaired) electrons. The highest BCUT2D eigenvalue weighted by atomic mass is 16.5. The molecule has 0 aliphatic heterocycles. The fraction of sp³-hybridized carbons (Fsp3) is 0.636. The van der Waals surface area contributed by atoms with E-state index in [1.165, 1.54) is 18.1 Å². The highest BCUT2D eigenvalue weighted by Crippen LogP contribution is 2.57. The molecule has 0 bridgehead atoms. The van der Waals surface area contributed by atoms with Gasteiger partial charge in [-0.15, -0.1) is 0 Å². The Kier molecular flexibility index (Phi) is 4.55. The molecule has 136 valence electrons. The van der Waals surface area contributed by atoms with Crippen molar-refractivity contribution in [3.05, 3.63) is 34.9 Å². The van der Waals surface area contributed by atoms with Crippen molar-refractivity contribution in [2.24, 2.45) is 11.3 Å². The van der Waals surface area contributed by atoms with Crippen molar-refractivity contribution in [3.8, 4) is 0 Å². The monoisotopic (exact) mass is 342 g/mol.